The standard InChI is InChI=1S/C19H15N5O2S/c1-11-15(16(25)22-14-8-3-2-4-9-14)27-18(21-11)13-7-5-6-12(10-13)17-23-24-19(20)26-17/h2-10H,1H3,(H2,20,24)(H,22,25). The maximum atomic E-state index is 12.6. The first kappa shape index (κ1) is 16.9. The molecule has 3 N–H and O–H groups in total. The quantitative estimate of drug-likeness (QED) is 0.556. The van der Waals surface area contributed by atoms with Crippen LogP contribution in [0.3, 0.4) is 0 Å². The van der Waals surface area contributed by atoms with Crippen molar-refractivity contribution in [3.63, 3.8) is 0 Å². The van der Waals surface area contributed by atoms with Crippen molar-refractivity contribution >= 4 is 28.9 Å². The third-order valence-corrected chi connectivity index (χ3v) is 5.04. The molecule has 7 nitrogen and oxygen atoms in total. The number of para-hydroxylation sites is 1. The van der Waals surface area contributed by atoms with E-state index in [-0.39, 0.29) is 11.9 Å². The molecule has 0 aliphatic rings. The summed E-state index contributed by atoms with van der Waals surface area (Å²) in [5.41, 5.74) is 8.50. The van der Waals surface area contributed by atoms with Gasteiger partial charge in [0.25, 0.3) is 5.91 Å². The topological polar surface area (TPSA) is 107 Å². The van der Waals surface area contributed by atoms with Crippen LogP contribution in [-0.4, -0.2) is 21.1 Å². The van der Waals surface area contributed by atoms with Crippen LogP contribution in [-0.2, 0) is 0 Å². The summed E-state index contributed by atoms with van der Waals surface area (Å²) in [6.45, 7) is 1.82. The molecule has 4 aromatic rings. The number of aryl methyl sites for hydroxylation is 1. The molecule has 8 heteroatoms. The van der Waals surface area contributed by atoms with E-state index in [1.165, 1.54) is 11.3 Å². The van der Waals surface area contributed by atoms with Gasteiger partial charge in [-0.25, -0.2) is 4.98 Å². The zero-order valence-electron chi connectivity index (χ0n) is 14.3. The molecule has 2 aromatic heterocycles. The third kappa shape index (κ3) is 3.56. The molecule has 0 bridgehead atoms. The van der Waals surface area contributed by atoms with Gasteiger partial charge in [0.15, 0.2) is 0 Å². The normalized spacial score (nSPS) is 10.7. The smallest absolute Gasteiger partial charge is 0.313 e. The molecule has 0 atom stereocenters. The van der Waals surface area contributed by atoms with E-state index in [0.717, 1.165) is 21.8 Å². The highest BCUT2D eigenvalue weighted by Crippen LogP contribution is 2.31. The van der Waals surface area contributed by atoms with E-state index in [4.69, 9.17) is 10.2 Å². The van der Waals surface area contributed by atoms with Gasteiger partial charge in [-0.1, -0.05) is 35.4 Å². The minimum Gasteiger partial charge on any atom is -0.404 e. The monoisotopic (exact) mass is 377 g/mol. The molecule has 27 heavy (non-hydrogen) atoms. The summed E-state index contributed by atoms with van der Waals surface area (Å²) >= 11 is 1.33. The molecule has 0 unspecified atom stereocenters. The van der Waals surface area contributed by atoms with Crippen LogP contribution >= 0.6 is 11.3 Å². The molecular weight excluding hydrogens is 362 g/mol. The zero-order valence-corrected chi connectivity index (χ0v) is 15.2. The van der Waals surface area contributed by atoms with Crippen molar-refractivity contribution in [3.8, 4) is 22.0 Å². The van der Waals surface area contributed by atoms with Gasteiger partial charge in [0.2, 0.25) is 5.89 Å². The molecule has 4 rings (SSSR count). The summed E-state index contributed by atoms with van der Waals surface area (Å²) in [6.07, 6.45) is 0. The largest absolute Gasteiger partial charge is 0.404 e. The number of benzene rings is 2. The van der Waals surface area contributed by atoms with Crippen molar-refractivity contribution in [3.05, 3.63) is 65.2 Å². The fraction of sp³-hybridized carbons (Fsp3) is 0.0526. The Bertz CT molecular complexity index is 1100. The maximum absolute atomic E-state index is 12.6. The van der Waals surface area contributed by atoms with Crippen LogP contribution in [0.15, 0.2) is 59.0 Å². The van der Waals surface area contributed by atoms with Crippen LogP contribution in [0.5, 0.6) is 0 Å². The van der Waals surface area contributed by atoms with E-state index in [1.54, 1.807) is 0 Å². The first-order valence-corrected chi connectivity index (χ1v) is 8.95. The molecule has 0 saturated carbocycles. The van der Waals surface area contributed by atoms with Crippen molar-refractivity contribution in [1.82, 2.24) is 15.2 Å². The van der Waals surface area contributed by atoms with Gasteiger partial charge in [-0.15, -0.1) is 16.4 Å². The molecule has 0 radical (unpaired) electrons. The van der Waals surface area contributed by atoms with Gasteiger partial charge in [-0.3, -0.25) is 4.79 Å². The summed E-state index contributed by atoms with van der Waals surface area (Å²) in [6, 6.07) is 16.8. The SMILES string of the molecule is Cc1nc(-c2cccc(-c3nnc(N)o3)c2)sc1C(=O)Nc1ccccc1. The highest BCUT2D eigenvalue weighted by molar-refractivity contribution is 7.17. The molecule has 2 heterocycles. The second kappa shape index (κ2) is 7.00. The first-order chi connectivity index (χ1) is 13.1. The third-order valence-electron chi connectivity index (χ3n) is 3.83. The maximum Gasteiger partial charge on any atom is 0.313 e. The summed E-state index contributed by atoms with van der Waals surface area (Å²) in [7, 11) is 0. The number of hydrogen-bond acceptors (Lipinski definition) is 7. The lowest BCUT2D eigenvalue weighted by molar-refractivity contribution is 0.103. The van der Waals surface area contributed by atoms with E-state index in [2.05, 4.69) is 20.5 Å². The number of hydrogen-bond donors (Lipinski definition) is 2. The van der Waals surface area contributed by atoms with Crippen LogP contribution < -0.4 is 11.1 Å². The molecule has 0 aliphatic heterocycles. The van der Waals surface area contributed by atoms with Crippen molar-refractivity contribution in [2.75, 3.05) is 11.1 Å². The fourth-order valence-corrected chi connectivity index (χ4v) is 3.53. The number of aromatic nitrogens is 3. The van der Waals surface area contributed by atoms with E-state index in [0.29, 0.717) is 16.5 Å². The Labute approximate surface area is 158 Å². The number of anilines is 2. The Morgan fingerprint density at radius 1 is 1.07 bits per heavy atom. The van der Waals surface area contributed by atoms with Gasteiger partial charge in [0, 0.05) is 16.8 Å². The number of nitrogens with one attached hydrogen (secondary N) is 1. The molecule has 2 aromatic carbocycles. The number of carbonyl (C=O) groups excluding carboxylic acids is 1. The predicted octanol–water partition coefficient (Wildman–Crippen LogP) is 4.00. The van der Waals surface area contributed by atoms with Gasteiger partial charge in [0.1, 0.15) is 9.88 Å². The number of thiazole rings is 1. The van der Waals surface area contributed by atoms with E-state index in [1.807, 2.05) is 61.5 Å². The summed E-state index contributed by atoms with van der Waals surface area (Å²) < 4.78 is 5.27. The van der Waals surface area contributed by atoms with Gasteiger partial charge < -0.3 is 15.5 Å². The molecular formula is C19H15N5O2S. The number of rotatable bonds is 4. The van der Waals surface area contributed by atoms with Crippen LogP contribution in [0, 0.1) is 6.92 Å². The Morgan fingerprint density at radius 3 is 2.59 bits per heavy atom. The van der Waals surface area contributed by atoms with Crippen molar-refractivity contribution in [2.45, 2.75) is 6.92 Å². The van der Waals surface area contributed by atoms with Crippen LogP contribution in [0.1, 0.15) is 15.4 Å². The Balaban J connectivity index is 1.62. The molecule has 0 fully saturated rings. The van der Waals surface area contributed by atoms with Gasteiger partial charge in [0.05, 0.1) is 5.69 Å². The van der Waals surface area contributed by atoms with Crippen molar-refractivity contribution in [2.24, 2.45) is 0 Å². The summed E-state index contributed by atoms with van der Waals surface area (Å²) in [5.74, 6) is 0.160. The van der Waals surface area contributed by atoms with E-state index < -0.39 is 0 Å². The number of nitrogen functional groups attached to an aromatic ring is 1. The zero-order chi connectivity index (χ0) is 18.8. The molecule has 134 valence electrons. The lowest BCUT2D eigenvalue weighted by Crippen LogP contribution is -2.11. The fourth-order valence-electron chi connectivity index (χ4n) is 2.58. The number of nitrogens with two attached hydrogens (primary N) is 1. The Kier molecular flexibility index (Phi) is 4.39. The highest BCUT2D eigenvalue weighted by Gasteiger charge is 2.17. The van der Waals surface area contributed by atoms with E-state index in [9.17, 15) is 4.79 Å². The van der Waals surface area contributed by atoms with Crippen LogP contribution in [0.4, 0.5) is 11.7 Å². The lowest BCUT2D eigenvalue weighted by Gasteiger charge is -2.03. The second-order valence-corrected chi connectivity index (χ2v) is 6.78. The number of carbonyl (C=O) groups is 1. The summed E-state index contributed by atoms with van der Waals surface area (Å²) in [5, 5.41) is 11.2. The van der Waals surface area contributed by atoms with Gasteiger partial charge >= 0.3 is 6.01 Å². The molecule has 0 saturated heterocycles. The Morgan fingerprint density at radius 2 is 1.85 bits per heavy atom. The Hall–Kier alpha value is -3.52. The minimum absolute atomic E-state index is 0.0142. The summed E-state index contributed by atoms with van der Waals surface area (Å²) in [4.78, 5) is 17.7. The van der Waals surface area contributed by atoms with Crippen molar-refractivity contribution in [1.29, 1.82) is 0 Å². The minimum atomic E-state index is -0.178. The lowest BCUT2D eigenvalue weighted by atomic mass is 10.1. The predicted molar refractivity (Wildman–Crippen MR) is 104 cm³/mol. The van der Waals surface area contributed by atoms with Crippen molar-refractivity contribution < 1.29 is 9.21 Å². The average molecular weight is 377 g/mol. The first-order valence-electron chi connectivity index (χ1n) is 8.14. The van der Waals surface area contributed by atoms with E-state index >= 15 is 0 Å². The number of nitrogens with zero attached hydrogens (tertiary/aromatic N) is 3. The second-order valence-electron chi connectivity index (χ2n) is 5.78. The molecule has 0 spiro atoms. The average Bonchev–Trinajstić information content (AvgIpc) is 3.29. The van der Waals surface area contributed by atoms with Crippen LogP contribution in [0.2, 0.25) is 0 Å². The van der Waals surface area contributed by atoms with Gasteiger partial charge in [-0.05, 0) is 31.2 Å². The molecule has 0 aliphatic carbocycles. The number of amides is 1. The van der Waals surface area contributed by atoms with Gasteiger partial charge in [-0.2, -0.15) is 0 Å². The molecule has 1 amide bonds. The van der Waals surface area contributed by atoms with Crippen LogP contribution in [0.25, 0.3) is 22.0 Å². The highest BCUT2D eigenvalue weighted by atomic mass is 32.1.